The molecule has 0 atom stereocenters. The molecule has 0 aliphatic carbocycles. The molecule has 0 saturated carbocycles. The second-order valence-corrected chi connectivity index (χ2v) is 4.50. The lowest BCUT2D eigenvalue weighted by molar-refractivity contribution is 0.955. The summed E-state index contributed by atoms with van der Waals surface area (Å²) in [5.74, 6) is 0.791. The summed E-state index contributed by atoms with van der Waals surface area (Å²) in [6.45, 7) is 2.58. The summed E-state index contributed by atoms with van der Waals surface area (Å²) >= 11 is 0. The number of hydrogen-bond donors (Lipinski definition) is 2. The molecule has 0 spiro atoms. The number of H-pyrrole nitrogens is 1. The molecule has 2 aromatic heterocycles. The molecule has 0 aliphatic heterocycles. The van der Waals surface area contributed by atoms with Gasteiger partial charge in [-0.25, -0.2) is 9.97 Å². The van der Waals surface area contributed by atoms with E-state index in [0.29, 0.717) is 6.54 Å². The largest absolute Gasteiger partial charge is 0.379 e. The molecule has 0 radical (unpaired) electrons. The molecule has 0 fully saturated rings. The van der Waals surface area contributed by atoms with Crippen LogP contribution in [0.2, 0.25) is 0 Å². The number of nitrogens with one attached hydrogen (secondary N) is 2. The Balaban J connectivity index is 1.67. The molecular formula is C15H15N5. The smallest absolute Gasteiger partial charge is 0.125 e. The fourth-order valence-electron chi connectivity index (χ4n) is 1.98. The lowest BCUT2D eigenvalue weighted by Gasteiger charge is -2.07. The monoisotopic (exact) mass is 265 g/mol. The summed E-state index contributed by atoms with van der Waals surface area (Å²) in [4.78, 5) is 8.45. The number of anilines is 1. The summed E-state index contributed by atoms with van der Waals surface area (Å²) < 4.78 is 0. The third-order valence-corrected chi connectivity index (χ3v) is 3.00. The number of aromatic nitrogens is 4. The molecule has 0 amide bonds. The lowest BCUT2D eigenvalue weighted by atomic mass is 10.1. The SMILES string of the molecule is Cc1nccc(CNc2ccc(-c3ccn[nH]3)cc2)n1. The van der Waals surface area contributed by atoms with Gasteiger partial charge in [0.2, 0.25) is 0 Å². The Morgan fingerprint density at radius 1 is 1.05 bits per heavy atom. The van der Waals surface area contributed by atoms with Crippen LogP contribution in [0.5, 0.6) is 0 Å². The molecule has 3 aromatic rings. The Bertz CT molecular complexity index is 674. The van der Waals surface area contributed by atoms with E-state index in [9.17, 15) is 0 Å². The minimum Gasteiger partial charge on any atom is -0.379 e. The minimum atomic E-state index is 0.687. The Morgan fingerprint density at radius 3 is 2.60 bits per heavy atom. The summed E-state index contributed by atoms with van der Waals surface area (Å²) in [6, 6.07) is 12.1. The average Bonchev–Trinajstić information content (AvgIpc) is 3.00. The third-order valence-electron chi connectivity index (χ3n) is 3.00. The van der Waals surface area contributed by atoms with E-state index >= 15 is 0 Å². The Hall–Kier alpha value is -2.69. The average molecular weight is 265 g/mol. The Kier molecular flexibility index (Phi) is 3.41. The van der Waals surface area contributed by atoms with Crippen molar-refractivity contribution in [1.82, 2.24) is 20.2 Å². The molecule has 0 saturated heterocycles. The van der Waals surface area contributed by atoms with Gasteiger partial charge in [0.1, 0.15) is 5.82 Å². The Morgan fingerprint density at radius 2 is 1.90 bits per heavy atom. The van der Waals surface area contributed by atoms with Gasteiger partial charge in [-0.2, -0.15) is 5.10 Å². The van der Waals surface area contributed by atoms with Crippen LogP contribution in [-0.4, -0.2) is 20.2 Å². The van der Waals surface area contributed by atoms with Gasteiger partial charge in [0.15, 0.2) is 0 Å². The highest BCUT2D eigenvalue weighted by Gasteiger charge is 2.00. The zero-order valence-electron chi connectivity index (χ0n) is 11.2. The van der Waals surface area contributed by atoms with Crippen molar-refractivity contribution in [2.24, 2.45) is 0 Å². The highest BCUT2D eigenvalue weighted by Crippen LogP contribution is 2.19. The molecule has 5 heteroatoms. The molecule has 0 aliphatic rings. The van der Waals surface area contributed by atoms with Gasteiger partial charge in [0, 0.05) is 18.1 Å². The molecule has 2 heterocycles. The fraction of sp³-hybridized carbons (Fsp3) is 0.133. The third kappa shape index (κ3) is 2.83. The van der Waals surface area contributed by atoms with Crippen LogP contribution in [0.3, 0.4) is 0 Å². The molecule has 0 bridgehead atoms. The number of hydrogen-bond acceptors (Lipinski definition) is 4. The second kappa shape index (κ2) is 5.52. The maximum atomic E-state index is 4.36. The predicted molar refractivity (Wildman–Crippen MR) is 78.1 cm³/mol. The van der Waals surface area contributed by atoms with E-state index in [4.69, 9.17) is 0 Å². The Labute approximate surface area is 117 Å². The van der Waals surface area contributed by atoms with E-state index < -0.39 is 0 Å². The van der Waals surface area contributed by atoms with E-state index in [1.165, 1.54) is 0 Å². The summed E-state index contributed by atoms with van der Waals surface area (Å²) in [5.41, 5.74) is 4.17. The lowest BCUT2D eigenvalue weighted by Crippen LogP contribution is -2.03. The fourth-order valence-corrected chi connectivity index (χ4v) is 1.98. The first-order chi connectivity index (χ1) is 9.81. The first-order valence-electron chi connectivity index (χ1n) is 6.43. The maximum Gasteiger partial charge on any atom is 0.125 e. The molecule has 0 unspecified atom stereocenters. The van der Waals surface area contributed by atoms with Crippen LogP contribution < -0.4 is 5.32 Å². The predicted octanol–water partition coefficient (Wildman–Crippen LogP) is 2.79. The summed E-state index contributed by atoms with van der Waals surface area (Å²) in [6.07, 6.45) is 3.53. The molecular weight excluding hydrogens is 250 g/mol. The van der Waals surface area contributed by atoms with Crippen LogP contribution in [0.4, 0.5) is 5.69 Å². The minimum absolute atomic E-state index is 0.687. The first kappa shape index (κ1) is 12.3. The quantitative estimate of drug-likeness (QED) is 0.761. The number of rotatable bonds is 4. The molecule has 100 valence electrons. The van der Waals surface area contributed by atoms with Gasteiger partial charge < -0.3 is 5.32 Å². The van der Waals surface area contributed by atoms with E-state index in [1.54, 1.807) is 12.4 Å². The van der Waals surface area contributed by atoms with Gasteiger partial charge in [-0.1, -0.05) is 12.1 Å². The van der Waals surface area contributed by atoms with E-state index in [2.05, 4.69) is 37.6 Å². The van der Waals surface area contributed by atoms with Crippen molar-refractivity contribution in [3.05, 3.63) is 60.3 Å². The van der Waals surface area contributed by atoms with E-state index in [-0.39, 0.29) is 0 Å². The first-order valence-corrected chi connectivity index (χ1v) is 6.43. The van der Waals surface area contributed by atoms with Crippen molar-refractivity contribution in [2.45, 2.75) is 13.5 Å². The molecule has 1 aromatic carbocycles. The summed E-state index contributed by atoms with van der Waals surface area (Å²) in [5, 5.41) is 10.2. The second-order valence-electron chi connectivity index (χ2n) is 4.50. The van der Waals surface area contributed by atoms with Gasteiger partial charge in [-0.15, -0.1) is 0 Å². The van der Waals surface area contributed by atoms with Gasteiger partial charge in [0.05, 0.1) is 17.9 Å². The molecule has 5 nitrogen and oxygen atoms in total. The van der Waals surface area contributed by atoms with E-state index in [1.807, 2.05) is 31.2 Å². The van der Waals surface area contributed by atoms with Gasteiger partial charge >= 0.3 is 0 Å². The van der Waals surface area contributed by atoms with Crippen LogP contribution in [0.1, 0.15) is 11.5 Å². The highest BCUT2D eigenvalue weighted by atomic mass is 15.1. The van der Waals surface area contributed by atoms with Crippen LogP contribution in [0, 0.1) is 6.92 Å². The van der Waals surface area contributed by atoms with Gasteiger partial charge in [-0.3, -0.25) is 5.10 Å². The number of nitrogens with zero attached hydrogens (tertiary/aromatic N) is 3. The number of aryl methyl sites for hydroxylation is 1. The van der Waals surface area contributed by atoms with E-state index in [0.717, 1.165) is 28.5 Å². The van der Waals surface area contributed by atoms with Gasteiger partial charge in [0.25, 0.3) is 0 Å². The number of aromatic amines is 1. The molecule has 2 N–H and O–H groups in total. The van der Waals surface area contributed by atoms with Crippen LogP contribution in [0.25, 0.3) is 11.3 Å². The zero-order valence-corrected chi connectivity index (χ0v) is 11.2. The van der Waals surface area contributed by atoms with Crippen LogP contribution >= 0.6 is 0 Å². The van der Waals surface area contributed by atoms with Crippen molar-refractivity contribution >= 4 is 5.69 Å². The van der Waals surface area contributed by atoms with Crippen LogP contribution in [0.15, 0.2) is 48.8 Å². The topological polar surface area (TPSA) is 66.5 Å². The standard InChI is InChI=1S/C15H15N5/c1-11-16-8-6-14(19-11)10-17-13-4-2-12(3-5-13)15-7-9-18-20-15/h2-9,17H,10H2,1H3,(H,18,20). The highest BCUT2D eigenvalue weighted by molar-refractivity contribution is 5.62. The maximum absolute atomic E-state index is 4.36. The van der Waals surface area contributed by atoms with Crippen molar-refractivity contribution in [1.29, 1.82) is 0 Å². The van der Waals surface area contributed by atoms with Crippen molar-refractivity contribution in [3.63, 3.8) is 0 Å². The zero-order chi connectivity index (χ0) is 13.8. The van der Waals surface area contributed by atoms with Crippen molar-refractivity contribution in [2.75, 3.05) is 5.32 Å². The summed E-state index contributed by atoms with van der Waals surface area (Å²) in [7, 11) is 0. The van der Waals surface area contributed by atoms with Crippen molar-refractivity contribution < 1.29 is 0 Å². The number of benzene rings is 1. The van der Waals surface area contributed by atoms with Gasteiger partial charge in [-0.05, 0) is 36.8 Å². The normalized spacial score (nSPS) is 10.4. The molecule has 20 heavy (non-hydrogen) atoms. The molecule has 3 rings (SSSR count). The van der Waals surface area contributed by atoms with Crippen molar-refractivity contribution in [3.8, 4) is 11.3 Å². The van der Waals surface area contributed by atoms with Crippen LogP contribution in [-0.2, 0) is 6.54 Å².